The molecule has 0 radical (unpaired) electrons. The summed E-state index contributed by atoms with van der Waals surface area (Å²) in [5.74, 6) is 1.98. The molecule has 1 amide bonds. The Morgan fingerprint density at radius 3 is 2.62 bits per heavy atom. The van der Waals surface area contributed by atoms with Crippen LogP contribution in [0.2, 0.25) is 0 Å². The number of ether oxygens (including phenoxy) is 1. The molecule has 2 aromatic heterocycles. The van der Waals surface area contributed by atoms with E-state index < -0.39 is 10.2 Å². The molecule has 5 rings (SSSR count). The molecule has 178 valence electrons. The summed E-state index contributed by atoms with van der Waals surface area (Å²) < 4.78 is 7.83. The molecule has 10 heteroatoms. The van der Waals surface area contributed by atoms with E-state index in [0.717, 1.165) is 22.5 Å². The Balaban J connectivity index is 0.000000172. The van der Waals surface area contributed by atoms with E-state index in [-0.39, 0.29) is 17.6 Å². The van der Waals surface area contributed by atoms with Gasteiger partial charge in [0.1, 0.15) is 23.1 Å². The van der Waals surface area contributed by atoms with Crippen LogP contribution in [0.3, 0.4) is 0 Å². The predicted molar refractivity (Wildman–Crippen MR) is 134 cm³/mol. The van der Waals surface area contributed by atoms with Crippen molar-refractivity contribution in [3.8, 4) is 11.5 Å². The number of amides is 1. The lowest BCUT2D eigenvalue weighted by Gasteiger charge is -2.27. The second-order valence-corrected chi connectivity index (χ2v) is 11.4. The maximum Gasteiger partial charge on any atom is 0.416 e. The molecule has 34 heavy (non-hydrogen) atoms. The van der Waals surface area contributed by atoms with Crippen molar-refractivity contribution in [2.75, 3.05) is 17.5 Å². The Kier molecular flexibility index (Phi) is 6.78. The van der Waals surface area contributed by atoms with Gasteiger partial charge in [-0.15, -0.1) is 10.2 Å². The molecule has 1 aliphatic heterocycles. The first-order valence-electron chi connectivity index (χ1n) is 10.6. The van der Waals surface area contributed by atoms with Gasteiger partial charge in [0.05, 0.1) is 5.69 Å². The minimum atomic E-state index is -1.13. The van der Waals surface area contributed by atoms with Crippen LogP contribution in [0.15, 0.2) is 60.8 Å². The molecular weight excluding hydrogens is 454 g/mol. The summed E-state index contributed by atoms with van der Waals surface area (Å²) in [4.78, 5) is 22.7. The highest BCUT2D eigenvalue weighted by Gasteiger charge is 2.29. The highest BCUT2D eigenvalue weighted by atomic mass is 32.3. The SMILES string of the molecule is CS1(Cc2ccccc2)COC(=O)N1.Cc1nc(NCc2ccc(O)cc2O)nc2[nH]ccc12. The highest BCUT2D eigenvalue weighted by Crippen LogP contribution is 2.46. The maximum absolute atomic E-state index is 10.9. The fraction of sp³-hybridized carbons (Fsp3) is 0.208. The van der Waals surface area contributed by atoms with Crippen LogP contribution in [-0.2, 0) is 17.0 Å². The maximum atomic E-state index is 10.9. The zero-order valence-electron chi connectivity index (χ0n) is 18.9. The number of nitrogens with zero attached hydrogens (tertiary/aromatic N) is 2. The number of aromatic nitrogens is 3. The van der Waals surface area contributed by atoms with E-state index in [4.69, 9.17) is 4.74 Å². The first-order chi connectivity index (χ1) is 16.3. The number of hydrogen-bond acceptors (Lipinski definition) is 7. The lowest BCUT2D eigenvalue weighted by atomic mass is 10.2. The molecule has 5 N–H and O–H groups in total. The number of aryl methyl sites for hydroxylation is 1. The molecule has 2 aromatic carbocycles. The largest absolute Gasteiger partial charge is 0.508 e. The Morgan fingerprint density at radius 1 is 1.12 bits per heavy atom. The molecule has 1 aliphatic rings. The molecule has 1 fully saturated rings. The lowest BCUT2D eigenvalue weighted by Crippen LogP contribution is -2.18. The topological polar surface area (TPSA) is 132 Å². The van der Waals surface area contributed by atoms with E-state index in [1.807, 2.05) is 37.4 Å². The highest BCUT2D eigenvalue weighted by molar-refractivity contribution is 8.31. The Morgan fingerprint density at radius 2 is 1.91 bits per heavy atom. The second-order valence-electron chi connectivity index (χ2n) is 8.10. The van der Waals surface area contributed by atoms with Crippen LogP contribution in [0, 0.1) is 6.92 Å². The molecule has 1 unspecified atom stereocenters. The van der Waals surface area contributed by atoms with Crippen LogP contribution in [-0.4, -0.2) is 43.5 Å². The van der Waals surface area contributed by atoms with Crippen molar-refractivity contribution in [3.05, 3.63) is 77.6 Å². The number of H-pyrrole nitrogens is 1. The van der Waals surface area contributed by atoms with Crippen molar-refractivity contribution in [1.29, 1.82) is 0 Å². The van der Waals surface area contributed by atoms with E-state index in [9.17, 15) is 15.0 Å². The van der Waals surface area contributed by atoms with Crippen molar-refractivity contribution in [2.24, 2.45) is 0 Å². The minimum absolute atomic E-state index is 0.0335. The van der Waals surface area contributed by atoms with E-state index in [1.54, 1.807) is 6.07 Å². The third-order valence-corrected chi connectivity index (χ3v) is 7.49. The zero-order chi connectivity index (χ0) is 24.1. The van der Waals surface area contributed by atoms with Crippen LogP contribution in [0.25, 0.3) is 11.0 Å². The first-order valence-corrected chi connectivity index (χ1v) is 13.0. The fourth-order valence-electron chi connectivity index (χ4n) is 3.51. The van der Waals surface area contributed by atoms with Gasteiger partial charge in [-0.1, -0.05) is 30.3 Å². The number of aromatic amines is 1. The van der Waals surface area contributed by atoms with Gasteiger partial charge in [-0.05, 0) is 36.9 Å². The number of rotatable bonds is 5. The number of benzene rings is 2. The van der Waals surface area contributed by atoms with Crippen LogP contribution >= 0.6 is 10.2 Å². The van der Waals surface area contributed by atoms with Crippen LogP contribution in [0.1, 0.15) is 16.8 Å². The van der Waals surface area contributed by atoms with Gasteiger partial charge in [0.25, 0.3) is 0 Å². The predicted octanol–water partition coefficient (Wildman–Crippen LogP) is 4.52. The molecule has 1 saturated heterocycles. The Bertz CT molecular complexity index is 1300. The van der Waals surface area contributed by atoms with Gasteiger partial charge < -0.3 is 25.3 Å². The molecule has 1 atom stereocenters. The molecule has 4 aromatic rings. The van der Waals surface area contributed by atoms with Crippen molar-refractivity contribution in [1.82, 2.24) is 19.7 Å². The van der Waals surface area contributed by atoms with Gasteiger partial charge in [0, 0.05) is 35.5 Å². The third-order valence-electron chi connectivity index (χ3n) is 5.22. The lowest BCUT2D eigenvalue weighted by molar-refractivity contribution is 0.180. The molecule has 0 spiro atoms. The average molecular weight is 482 g/mol. The Hall–Kier alpha value is -3.92. The van der Waals surface area contributed by atoms with Crippen molar-refractivity contribution < 1.29 is 19.7 Å². The molecule has 0 saturated carbocycles. The number of nitrogens with one attached hydrogen (secondary N) is 3. The quantitative estimate of drug-likeness (QED) is 0.283. The molecule has 9 nitrogen and oxygen atoms in total. The van der Waals surface area contributed by atoms with E-state index in [2.05, 4.69) is 43.4 Å². The number of anilines is 1. The molecular formula is C24H27N5O4S. The normalized spacial score (nSPS) is 18.8. The monoisotopic (exact) mass is 481 g/mol. The van der Waals surface area contributed by atoms with Crippen LogP contribution in [0.4, 0.5) is 10.7 Å². The summed E-state index contributed by atoms with van der Waals surface area (Å²) in [6.07, 6.45) is 3.62. The number of phenolic OH excluding ortho intramolecular Hbond substituents is 2. The first kappa shape index (κ1) is 23.2. The summed E-state index contributed by atoms with van der Waals surface area (Å²) in [6.45, 7) is 2.29. The summed E-state index contributed by atoms with van der Waals surface area (Å²) in [5.41, 5.74) is 3.56. The number of fused-ring (bicyclic) bond motifs is 1. The number of phenols is 2. The van der Waals surface area contributed by atoms with Crippen molar-refractivity contribution in [2.45, 2.75) is 19.2 Å². The third kappa shape index (κ3) is 5.70. The minimum Gasteiger partial charge on any atom is -0.508 e. The summed E-state index contributed by atoms with van der Waals surface area (Å²) in [5, 5.41) is 23.0. The van der Waals surface area contributed by atoms with Crippen molar-refractivity contribution >= 4 is 33.3 Å². The summed E-state index contributed by atoms with van der Waals surface area (Å²) in [6, 6.07) is 16.6. The smallest absolute Gasteiger partial charge is 0.416 e. The number of carbonyl (C=O) groups excluding carboxylic acids is 1. The van der Waals surface area contributed by atoms with Crippen molar-refractivity contribution in [3.63, 3.8) is 0 Å². The van der Waals surface area contributed by atoms with Crippen LogP contribution in [0.5, 0.6) is 11.5 Å². The fourth-order valence-corrected chi connectivity index (χ4v) is 5.48. The molecule has 0 aliphatic carbocycles. The standard InChI is InChI=1S/C14H14N4O2.C10H13NO2S/c1-8-11-4-5-15-13(11)18-14(17-8)16-7-9-2-3-10(19)6-12(9)20;1-14(8-13-10(12)11-14)7-9-5-3-2-4-6-9/h2-6,19-20H,7H2,1H3,(H2,15,16,17,18);2-6H,7-8H2,1H3,(H,11,12). The number of cyclic esters (lactones) is 1. The number of carbonyl (C=O) groups is 1. The van der Waals surface area contributed by atoms with Gasteiger partial charge in [-0.3, -0.25) is 4.72 Å². The zero-order valence-corrected chi connectivity index (χ0v) is 19.7. The van der Waals surface area contributed by atoms with Gasteiger partial charge in [0.15, 0.2) is 0 Å². The van der Waals surface area contributed by atoms with E-state index >= 15 is 0 Å². The van der Waals surface area contributed by atoms with Crippen LogP contribution < -0.4 is 10.0 Å². The van der Waals surface area contributed by atoms with E-state index in [1.165, 1.54) is 17.7 Å². The van der Waals surface area contributed by atoms with Gasteiger partial charge in [-0.2, -0.15) is 4.98 Å². The Labute approximate surface area is 198 Å². The molecule has 0 bridgehead atoms. The van der Waals surface area contributed by atoms with Gasteiger partial charge in [-0.25, -0.2) is 9.78 Å². The van der Waals surface area contributed by atoms with Gasteiger partial charge in [0.2, 0.25) is 5.95 Å². The average Bonchev–Trinajstić information content (AvgIpc) is 3.40. The van der Waals surface area contributed by atoms with E-state index in [0.29, 0.717) is 24.0 Å². The summed E-state index contributed by atoms with van der Waals surface area (Å²) >= 11 is 0. The number of aromatic hydroxyl groups is 2. The number of hydrogen-bond donors (Lipinski definition) is 5. The molecule has 3 heterocycles. The summed E-state index contributed by atoms with van der Waals surface area (Å²) in [7, 11) is -1.13. The second kappa shape index (κ2) is 9.92. The van der Waals surface area contributed by atoms with Gasteiger partial charge >= 0.3 is 6.09 Å².